The van der Waals surface area contributed by atoms with E-state index in [0.29, 0.717) is 26.1 Å². The quantitative estimate of drug-likeness (QED) is 0.643. The zero-order valence-corrected chi connectivity index (χ0v) is 16.1. The monoisotopic (exact) mass is 376 g/mol. The molecule has 5 nitrogen and oxygen atoms in total. The van der Waals surface area contributed by atoms with Crippen LogP contribution >= 0.6 is 0 Å². The number of piperidine rings is 1. The summed E-state index contributed by atoms with van der Waals surface area (Å²) in [5, 5.41) is 1.08. The summed E-state index contributed by atoms with van der Waals surface area (Å²) in [5.41, 5.74) is 5.26. The Hall–Kier alpha value is -3.08. The van der Waals surface area contributed by atoms with Gasteiger partial charge in [0.25, 0.3) is 0 Å². The Balaban J connectivity index is 1.26. The van der Waals surface area contributed by atoms with E-state index in [4.69, 9.17) is 9.15 Å². The fraction of sp³-hybridized carbons (Fsp3) is 0.304. The lowest BCUT2D eigenvalue weighted by Crippen LogP contribution is -2.37. The van der Waals surface area contributed by atoms with Crippen LogP contribution in [-0.2, 0) is 11.2 Å². The first kappa shape index (κ1) is 18.3. The highest BCUT2D eigenvalue weighted by Gasteiger charge is 2.20. The van der Waals surface area contributed by atoms with E-state index < -0.39 is 0 Å². The second-order valence-corrected chi connectivity index (χ2v) is 7.11. The fourth-order valence-corrected chi connectivity index (χ4v) is 3.54. The highest BCUT2D eigenvalue weighted by Crippen LogP contribution is 2.22. The van der Waals surface area contributed by atoms with Crippen LogP contribution in [0.3, 0.4) is 0 Å². The van der Waals surface area contributed by atoms with E-state index in [2.05, 4.69) is 11.1 Å². The second kappa shape index (κ2) is 8.30. The van der Waals surface area contributed by atoms with Gasteiger partial charge in [-0.3, -0.25) is 4.98 Å². The van der Waals surface area contributed by atoms with Gasteiger partial charge in [0.1, 0.15) is 5.58 Å². The molecule has 1 aliphatic rings. The number of carbonyl (C=O) groups excluding carboxylic acids is 1. The maximum atomic E-state index is 12.3. The molecule has 0 spiro atoms. The summed E-state index contributed by atoms with van der Waals surface area (Å²) in [6, 6.07) is 13.9. The topological polar surface area (TPSA) is 55.6 Å². The third-order valence-electron chi connectivity index (χ3n) is 5.08. The molecule has 1 saturated heterocycles. The number of pyridine rings is 1. The Labute approximate surface area is 164 Å². The predicted molar refractivity (Wildman–Crippen MR) is 109 cm³/mol. The maximum absolute atomic E-state index is 12.3. The molecule has 4 rings (SSSR count). The number of nitrogens with zero attached hydrogens (tertiary/aromatic N) is 2. The number of likely N-dealkylation sites (tertiary alicyclic amines) is 1. The van der Waals surface area contributed by atoms with Crippen molar-refractivity contribution in [2.45, 2.75) is 26.2 Å². The Morgan fingerprint density at radius 2 is 2.00 bits per heavy atom. The van der Waals surface area contributed by atoms with E-state index in [1.165, 1.54) is 5.57 Å². The summed E-state index contributed by atoms with van der Waals surface area (Å²) in [6.45, 7) is 3.72. The van der Waals surface area contributed by atoms with Gasteiger partial charge in [0.2, 0.25) is 0 Å². The van der Waals surface area contributed by atoms with Crippen molar-refractivity contribution in [1.29, 1.82) is 0 Å². The number of rotatable bonds is 4. The first-order chi connectivity index (χ1) is 13.7. The van der Waals surface area contributed by atoms with Crippen molar-refractivity contribution in [3.05, 3.63) is 71.3 Å². The van der Waals surface area contributed by atoms with Crippen molar-refractivity contribution in [2.75, 3.05) is 19.7 Å². The van der Waals surface area contributed by atoms with Crippen molar-refractivity contribution >= 4 is 23.1 Å². The van der Waals surface area contributed by atoms with E-state index in [9.17, 15) is 4.79 Å². The molecule has 0 N–H and O–H groups in total. The molecule has 0 saturated carbocycles. The van der Waals surface area contributed by atoms with E-state index in [1.54, 1.807) is 11.2 Å². The van der Waals surface area contributed by atoms with Crippen LogP contribution in [0, 0.1) is 6.92 Å². The summed E-state index contributed by atoms with van der Waals surface area (Å²) >= 11 is 0. The summed E-state index contributed by atoms with van der Waals surface area (Å²) in [6.07, 6.45) is 6.02. The molecule has 5 heteroatoms. The molecule has 0 bridgehead atoms. The van der Waals surface area contributed by atoms with E-state index in [1.807, 2.05) is 49.4 Å². The molecule has 0 atom stereocenters. The van der Waals surface area contributed by atoms with Crippen molar-refractivity contribution < 1.29 is 13.9 Å². The number of benzene rings is 1. The summed E-state index contributed by atoms with van der Waals surface area (Å²) < 4.78 is 11.0. The molecule has 1 aliphatic heterocycles. The minimum Gasteiger partial charge on any atom is -0.464 e. The number of furan rings is 1. The van der Waals surface area contributed by atoms with Gasteiger partial charge in [0.15, 0.2) is 0 Å². The highest BCUT2D eigenvalue weighted by molar-refractivity contribution is 5.80. The van der Waals surface area contributed by atoms with Gasteiger partial charge in [0.05, 0.1) is 18.6 Å². The number of carbonyl (C=O) groups is 1. The molecule has 28 heavy (non-hydrogen) atoms. The van der Waals surface area contributed by atoms with Crippen molar-refractivity contribution in [3.8, 4) is 0 Å². The van der Waals surface area contributed by atoms with Crippen LogP contribution in [0.1, 0.15) is 29.8 Å². The van der Waals surface area contributed by atoms with Crippen molar-refractivity contribution in [1.82, 2.24) is 9.88 Å². The van der Waals surface area contributed by atoms with Gasteiger partial charge < -0.3 is 14.1 Å². The smallest absolute Gasteiger partial charge is 0.409 e. The number of ether oxygens (including phenoxy) is 1. The minimum atomic E-state index is -0.236. The van der Waals surface area contributed by atoms with Crippen LogP contribution in [0.25, 0.3) is 17.0 Å². The molecule has 0 radical (unpaired) electrons. The van der Waals surface area contributed by atoms with Gasteiger partial charge in [0, 0.05) is 36.2 Å². The SMILES string of the molecule is Cc1cccc(C=C2CCN(C(=O)OCCc3coc4ccccc34)CC2)n1. The molecule has 1 amide bonds. The third kappa shape index (κ3) is 4.25. The first-order valence-corrected chi connectivity index (χ1v) is 9.69. The Bertz CT molecular complexity index is 996. The van der Waals surface area contributed by atoms with E-state index >= 15 is 0 Å². The van der Waals surface area contributed by atoms with E-state index in [0.717, 1.165) is 40.8 Å². The summed E-state index contributed by atoms with van der Waals surface area (Å²) in [7, 11) is 0. The maximum Gasteiger partial charge on any atom is 0.409 e. The lowest BCUT2D eigenvalue weighted by Gasteiger charge is -2.27. The highest BCUT2D eigenvalue weighted by atomic mass is 16.6. The lowest BCUT2D eigenvalue weighted by atomic mass is 10.0. The predicted octanol–water partition coefficient (Wildman–Crippen LogP) is 4.99. The minimum absolute atomic E-state index is 0.236. The average Bonchev–Trinajstić information content (AvgIpc) is 3.12. The number of aromatic nitrogens is 1. The number of hydrogen-bond acceptors (Lipinski definition) is 4. The molecule has 1 fully saturated rings. The molecule has 1 aromatic carbocycles. The molecule has 144 valence electrons. The van der Waals surface area contributed by atoms with Crippen LogP contribution in [0.4, 0.5) is 4.79 Å². The molecular formula is C23H24N2O3. The molecule has 3 aromatic rings. The molecular weight excluding hydrogens is 352 g/mol. The Morgan fingerprint density at radius 1 is 1.18 bits per heavy atom. The van der Waals surface area contributed by atoms with Crippen molar-refractivity contribution in [3.63, 3.8) is 0 Å². The molecule has 0 unspecified atom stereocenters. The van der Waals surface area contributed by atoms with Crippen LogP contribution in [0.15, 0.2) is 58.7 Å². The van der Waals surface area contributed by atoms with Crippen LogP contribution < -0.4 is 0 Å². The Kier molecular flexibility index (Phi) is 5.42. The second-order valence-electron chi connectivity index (χ2n) is 7.11. The third-order valence-corrected chi connectivity index (χ3v) is 5.08. The zero-order valence-electron chi connectivity index (χ0n) is 16.1. The van der Waals surface area contributed by atoms with Crippen LogP contribution in [0.5, 0.6) is 0 Å². The Morgan fingerprint density at radius 3 is 2.82 bits per heavy atom. The first-order valence-electron chi connectivity index (χ1n) is 9.69. The standard InChI is InChI=1S/C23H24N2O3/c1-17-5-4-6-20(24-17)15-18-9-12-25(13-10-18)23(26)27-14-11-19-16-28-22-8-3-2-7-21(19)22/h2-8,15-16H,9-14H2,1H3. The number of aryl methyl sites for hydroxylation is 1. The van der Waals surface area contributed by atoms with Gasteiger partial charge in [-0.1, -0.05) is 29.8 Å². The normalized spacial score (nSPS) is 14.3. The number of para-hydroxylation sites is 1. The zero-order chi connectivity index (χ0) is 19.3. The van der Waals surface area contributed by atoms with E-state index in [-0.39, 0.29) is 6.09 Å². The van der Waals surface area contributed by atoms with Gasteiger partial charge >= 0.3 is 6.09 Å². The number of amides is 1. The fourth-order valence-electron chi connectivity index (χ4n) is 3.54. The number of fused-ring (bicyclic) bond motifs is 1. The van der Waals surface area contributed by atoms with Gasteiger partial charge in [-0.25, -0.2) is 4.79 Å². The van der Waals surface area contributed by atoms with Crippen molar-refractivity contribution in [2.24, 2.45) is 0 Å². The van der Waals surface area contributed by atoms with Gasteiger partial charge in [-0.2, -0.15) is 0 Å². The molecule has 2 aromatic heterocycles. The average molecular weight is 376 g/mol. The molecule has 3 heterocycles. The van der Waals surface area contributed by atoms with Gasteiger partial charge in [-0.05, 0) is 44.0 Å². The van der Waals surface area contributed by atoms with Crippen LogP contribution in [0.2, 0.25) is 0 Å². The summed E-state index contributed by atoms with van der Waals surface area (Å²) in [5.74, 6) is 0. The largest absolute Gasteiger partial charge is 0.464 e. The lowest BCUT2D eigenvalue weighted by molar-refractivity contribution is 0.101. The summed E-state index contributed by atoms with van der Waals surface area (Å²) in [4.78, 5) is 18.7. The van der Waals surface area contributed by atoms with Crippen LogP contribution in [-0.4, -0.2) is 35.7 Å². The van der Waals surface area contributed by atoms with Gasteiger partial charge in [-0.15, -0.1) is 0 Å². The molecule has 0 aliphatic carbocycles. The number of hydrogen-bond donors (Lipinski definition) is 0.